The zero-order valence-electron chi connectivity index (χ0n) is 16.8. The first-order valence-electron chi connectivity index (χ1n) is 9.97. The predicted molar refractivity (Wildman–Crippen MR) is 102 cm³/mol. The molecule has 2 aliphatic rings. The maximum atomic E-state index is 12.1. The highest BCUT2D eigenvalue weighted by Crippen LogP contribution is 2.62. The smallest absolute Gasteiger partial charge is 0.332 e. The minimum Gasteiger partial charge on any atom is -0.478 e. The number of aliphatic carboxylic acids is 1. The van der Waals surface area contributed by atoms with Gasteiger partial charge in [0.05, 0.1) is 19.1 Å². The van der Waals surface area contributed by atoms with Crippen LogP contribution in [0.15, 0.2) is 34.7 Å². The summed E-state index contributed by atoms with van der Waals surface area (Å²) in [5.74, 6) is -1.20. The van der Waals surface area contributed by atoms with Crippen molar-refractivity contribution in [1.29, 1.82) is 0 Å². The summed E-state index contributed by atoms with van der Waals surface area (Å²) in [4.78, 5) is 23.7. The molecule has 1 aromatic heterocycles. The predicted octanol–water partition coefficient (Wildman–Crippen LogP) is 3.59. The SMILES string of the molecule is CC(=O)O[C@@H]1C=C(C(=O)O)[C@]2(CO)CC[C@H](C)[C@](C)(CCc3ccoc3)[C@H]2C1. The lowest BCUT2D eigenvalue weighted by atomic mass is 9.46. The van der Waals surface area contributed by atoms with Gasteiger partial charge in [0.2, 0.25) is 0 Å². The number of rotatable bonds is 6. The van der Waals surface area contributed by atoms with E-state index in [1.807, 2.05) is 6.07 Å². The fourth-order valence-corrected chi connectivity index (χ4v) is 5.55. The van der Waals surface area contributed by atoms with E-state index in [1.165, 1.54) is 6.92 Å². The first kappa shape index (κ1) is 20.6. The molecule has 3 rings (SSSR count). The summed E-state index contributed by atoms with van der Waals surface area (Å²) in [5.41, 5.74) is 0.292. The Morgan fingerprint density at radius 1 is 1.39 bits per heavy atom. The molecule has 1 aromatic rings. The number of esters is 1. The Morgan fingerprint density at radius 2 is 2.14 bits per heavy atom. The van der Waals surface area contributed by atoms with E-state index in [0.29, 0.717) is 18.8 Å². The molecule has 154 valence electrons. The number of hydrogen-bond donors (Lipinski definition) is 2. The zero-order valence-corrected chi connectivity index (χ0v) is 16.8. The van der Waals surface area contributed by atoms with Crippen LogP contribution in [0.4, 0.5) is 0 Å². The van der Waals surface area contributed by atoms with Gasteiger partial charge in [-0.25, -0.2) is 4.79 Å². The van der Waals surface area contributed by atoms with Crippen molar-refractivity contribution in [2.24, 2.45) is 22.7 Å². The van der Waals surface area contributed by atoms with Crippen LogP contribution in [0.5, 0.6) is 0 Å². The van der Waals surface area contributed by atoms with Crippen molar-refractivity contribution in [3.8, 4) is 0 Å². The number of aliphatic hydroxyl groups excluding tert-OH is 1. The van der Waals surface area contributed by atoms with Gasteiger partial charge < -0.3 is 19.4 Å². The standard InChI is InChI=1S/C22H30O6/c1-14-4-8-22(13-23)18(20(25)26)10-17(28-15(2)24)11-19(22)21(14,3)7-5-16-6-9-27-12-16/h6,9-10,12,14,17,19,23H,4-5,7-8,11,13H2,1-3H3,(H,25,26)/t14-,17+,19+,21-,22+/m0/s1. The van der Waals surface area contributed by atoms with Gasteiger partial charge in [-0.2, -0.15) is 0 Å². The van der Waals surface area contributed by atoms with Gasteiger partial charge in [-0.3, -0.25) is 4.79 Å². The normalized spacial score (nSPS) is 35.0. The average Bonchev–Trinajstić information content (AvgIpc) is 3.16. The summed E-state index contributed by atoms with van der Waals surface area (Å²) in [5, 5.41) is 20.3. The second-order valence-electron chi connectivity index (χ2n) is 8.71. The summed E-state index contributed by atoms with van der Waals surface area (Å²) in [6, 6.07) is 1.95. The summed E-state index contributed by atoms with van der Waals surface area (Å²) in [6.45, 7) is 5.53. The minimum absolute atomic E-state index is 0.0962. The van der Waals surface area contributed by atoms with Gasteiger partial charge in [0.25, 0.3) is 0 Å². The fraction of sp³-hybridized carbons (Fsp3) is 0.636. The molecule has 0 aromatic carbocycles. The Kier molecular flexibility index (Phi) is 5.71. The Bertz CT molecular complexity index is 751. The molecule has 0 saturated heterocycles. The monoisotopic (exact) mass is 390 g/mol. The molecular formula is C22H30O6. The molecule has 1 saturated carbocycles. The van der Waals surface area contributed by atoms with Gasteiger partial charge in [-0.1, -0.05) is 13.8 Å². The molecule has 1 fully saturated rings. The van der Waals surface area contributed by atoms with Gasteiger partial charge in [-0.05, 0) is 67.1 Å². The summed E-state index contributed by atoms with van der Waals surface area (Å²) < 4.78 is 10.6. The lowest BCUT2D eigenvalue weighted by Crippen LogP contribution is -2.56. The number of ether oxygens (including phenoxy) is 1. The maximum absolute atomic E-state index is 12.1. The summed E-state index contributed by atoms with van der Waals surface area (Å²) >= 11 is 0. The van der Waals surface area contributed by atoms with Crippen molar-refractivity contribution in [3.05, 3.63) is 35.8 Å². The van der Waals surface area contributed by atoms with Crippen LogP contribution in [-0.2, 0) is 20.7 Å². The molecule has 0 aliphatic heterocycles. The van der Waals surface area contributed by atoms with Crippen LogP contribution in [0, 0.1) is 22.7 Å². The number of aliphatic hydroxyl groups is 1. The van der Waals surface area contributed by atoms with Gasteiger partial charge in [0.1, 0.15) is 6.10 Å². The van der Waals surface area contributed by atoms with E-state index < -0.39 is 23.5 Å². The molecule has 0 radical (unpaired) electrons. The van der Waals surface area contributed by atoms with E-state index in [4.69, 9.17) is 9.15 Å². The maximum Gasteiger partial charge on any atom is 0.332 e. The quantitative estimate of drug-likeness (QED) is 0.721. The first-order chi connectivity index (χ1) is 13.2. The number of carboxylic acid groups (broad SMARTS) is 1. The molecule has 6 heteroatoms. The second-order valence-corrected chi connectivity index (χ2v) is 8.71. The van der Waals surface area contributed by atoms with E-state index in [2.05, 4.69) is 13.8 Å². The van der Waals surface area contributed by atoms with Crippen LogP contribution in [0.2, 0.25) is 0 Å². The largest absolute Gasteiger partial charge is 0.478 e. The third-order valence-corrected chi connectivity index (χ3v) is 7.33. The third-order valence-electron chi connectivity index (χ3n) is 7.33. The van der Waals surface area contributed by atoms with Crippen LogP contribution < -0.4 is 0 Å². The lowest BCUT2D eigenvalue weighted by Gasteiger charge is -2.58. The lowest BCUT2D eigenvalue weighted by molar-refractivity contribution is -0.154. The van der Waals surface area contributed by atoms with E-state index in [-0.39, 0.29) is 23.5 Å². The van der Waals surface area contributed by atoms with Gasteiger partial charge >= 0.3 is 11.9 Å². The number of aryl methyl sites for hydroxylation is 1. The third kappa shape index (κ3) is 3.50. The molecule has 0 unspecified atom stereocenters. The highest BCUT2D eigenvalue weighted by atomic mass is 16.5. The molecule has 28 heavy (non-hydrogen) atoms. The molecule has 2 N–H and O–H groups in total. The Labute approximate surface area is 165 Å². The van der Waals surface area contributed by atoms with Crippen LogP contribution in [0.25, 0.3) is 0 Å². The molecule has 0 amide bonds. The van der Waals surface area contributed by atoms with Crippen molar-refractivity contribution in [1.82, 2.24) is 0 Å². The van der Waals surface area contributed by atoms with Crippen molar-refractivity contribution in [3.63, 3.8) is 0 Å². The van der Waals surface area contributed by atoms with Crippen molar-refractivity contribution >= 4 is 11.9 Å². The molecule has 0 bridgehead atoms. The molecule has 1 heterocycles. The number of furan rings is 1. The highest BCUT2D eigenvalue weighted by molar-refractivity contribution is 5.89. The molecular weight excluding hydrogens is 360 g/mol. The number of fused-ring (bicyclic) bond motifs is 1. The van der Waals surface area contributed by atoms with Gasteiger partial charge in [0, 0.05) is 17.9 Å². The molecule has 5 atom stereocenters. The molecule has 0 spiro atoms. The van der Waals surface area contributed by atoms with Gasteiger partial charge in [0.15, 0.2) is 0 Å². The van der Waals surface area contributed by atoms with Gasteiger partial charge in [-0.15, -0.1) is 0 Å². The van der Waals surface area contributed by atoms with Crippen LogP contribution in [0.3, 0.4) is 0 Å². The molecule has 6 nitrogen and oxygen atoms in total. The number of hydrogen-bond acceptors (Lipinski definition) is 5. The summed E-state index contributed by atoms with van der Waals surface area (Å²) in [7, 11) is 0. The van der Waals surface area contributed by atoms with Crippen LogP contribution in [0.1, 0.15) is 52.0 Å². The van der Waals surface area contributed by atoms with Crippen molar-refractivity contribution in [2.75, 3.05) is 6.61 Å². The van der Waals surface area contributed by atoms with E-state index in [0.717, 1.165) is 24.8 Å². The average molecular weight is 390 g/mol. The second kappa shape index (κ2) is 7.74. The van der Waals surface area contributed by atoms with Crippen LogP contribution in [-0.4, -0.2) is 34.9 Å². The topological polar surface area (TPSA) is 97.0 Å². The number of carbonyl (C=O) groups is 2. The fourth-order valence-electron chi connectivity index (χ4n) is 5.55. The minimum atomic E-state index is -1.04. The summed E-state index contributed by atoms with van der Waals surface area (Å²) in [6.07, 6.45) is 8.03. The van der Waals surface area contributed by atoms with E-state index in [1.54, 1.807) is 18.6 Å². The van der Waals surface area contributed by atoms with Crippen molar-refractivity contribution in [2.45, 2.75) is 59.0 Å². The Balaban J connectivity index is 2.01. The van der Waals surface area contributed by atoms with Crippen molar-refractivity contribution < 1.29 is 29.0 Å². The molecule has 2 aliphatic carbocycles. The number of carboxylic acids is 1. The Hall–Kier alpha value is -2.08. The van der Waals surface area contributed by atoms with E-state index >= 15 is 0 Å². The Morgan fingerprint density at radius 3 is 2.71 bits per heavy atom. The van der Waals surface area contributed by atoms with E-state index in [9.17, 15) is 19.8 Å². The number of carbonyl (C=O) groups excluding carboxylic acids is 1. The zero-order chi connectivity index (χ0) is 20.5. The highest BCUT2D eigenvalue weighted by Gasteiger charge is 2.59. The van der Waals surface area contributed by atoms with Crippen LogP contribution >= 0.6 is 0 Å². The first-order valence-corrected chi connectivity index (χ1v) is 9.97.